The molecular weight excluding hydrogens is 242 g/mol. The SMILES string of the molecule is CCCNC(CC)C(C)c1nc(C(C)(C)OC)no1. The molecule has 2 atom stereocenters. The van der Waals surface area contributed by atoms with Crippen molar-refractivity contribution in [2.75, 3.05) is 13.7 Å². The van der Waals surface area contributed by atoms with Crippen LogP contribution >= 0.6 is 0 Å². The number of rotatable bonds is 8. The van der Waals surface area contributed by atoms with E-state index in [-0.39, 0.29) is 5.92 Å². The summed E-state index contributed by atoms with van der Waals surface area (Å²) < 4.78 is 10.8. The fourth-order valence-electron chi connectivity index (χ4n) is 1.93. The molecule has 2 unspecified atom stereocenters. The molecule has 0 aliphatic heterocycles. The summed E-state index contributed by atoms with van der Waals surface area (Å²) in [5, 5.41) is 7.56. The zero-order valence-corrected chi connectivity index (χ0v) is 13.0. The maximum absolute atomic E-state index is 5.40. The third-order valence-electron chi connectivity index (χ3n) is 3.58. The van der Waals surface area contributed by atoms with E-state index in [0.717, 1.165) is 19.4 Å². The molecule has 1 heterocycles. The zero-order valence-electron chi connectivity index (χ0n) is 13.0. The lowest BCUT2D eigenvalue weighted by Crippen LogP contribution is -2.34. The highest BCUT2D eigenvalue weighted by molar-refractivity contribution is 5.02. The van der Waals surface area contributed by atoms with Gasteiger partial charge in [-0.05, 0) is 33.2 Å². The number of hydrogen-bond acceptors (Lipinski definition) is 5. The van der Waals surface area contributed by atoms with Crippen molar-refractivity contribution in [3.63, 3.8) is 0 Å². The van der Waals surface area contributed by atoms with Gasteiger partial charge in [0.1, 0.15) is 5.60 Å². The van der Waals surface area contributed by atoms with Crippen molar-refractivity contribution in [2.45, 2.75) is 65.0 Å². The molecule has 0 bridgehead atoms. The molecule has 5 heteroatoms. The van der Waals surface area contributed by atoms with Crippen molar-refractivity contribution in [1.82, 2.24) is 15.5 Å². The molecule has 0 radical (unpaired) electrons. The highest BCUT2D eigenvalue weighted by Crippen LogP contribution is 2.25. The summed E-state index contributed by atoms with van der Waals surface area (Å²) in [7, 11) is 1.65. The molecule has 0 aliphatic carbocycles. The minimum atomic E-state index is -0.514. The molecular formula is C14H27N3O2. The van der Waals surface area contributed by atoms with E-state index in [9.17, 15) is 0 Å². The van der Waals surface area contributed by atoms with Gasteiger partial charge in [-0.15, -0.1) is 0 Å². The number of nitrogens with zero attached hydrogens (tertiary/aromatic N) is 2. The van der Waals surface area contributed by atoms with Crippen molar-refractivity contribution in [1.29, 1.82) is 0 Å². The standard InChI is InChI=1S/C14H27N3O2/c1-7-9-15-11(8-2)10(3)12-16-13(17-19-12)14(4,5)18-6/h10-11,15H,7-9H2,1-6H3. The number of hydrogen-bond donors (Lipinski definition) is 1. The van der Waals surface area contributed by atoms with Crippen LogP contribution in [0.1, 0.15) is 65.1 Å². The van der Waals surface area contributed by atoms with Gasteiger partial charge in [0.05, 0.1) is 5.92 Å². The van der Waals surface area contributed by atoms with Crippen LogP contribution in [-0.2, 0) is 10.3 Å². The van der Waals surface area contributed by atoms with Crippen molar-refractivity contribution in [3.8, 4) is 0 Å². The van der Waals surface area contributed by atoms with Gasteiger partial charge in [-0.1, -0.05) is 25.9 Å². The van der Waals surface area contributed by atoms with Gasteiger partial charge in [0, 0.05) is 13.2 Å². The third-order valence-corrected chi connectivity index (χ3v) is 3.58. The second kappa shape index (κ2) is 7.01. The zero-order chi connectivity index (χ0) is 14.5. The van der Waals surface area contributed by atoms with Gasteiger partial charge in [0.2, 0.25) is 11.7 Å². The molecule has 0 amide bonds. The monoisotopic (exact) mass is 269 g/mol. The Morgan fingerprint density at radius 1 is 1.37 bits per heavy atom. The molecule has 0 saturated carbocycles. The molecule has 0 aromatic carbocycles. The van der Waals surface area contributed by atoms with E-state index in [0.29, 0.717) is 17.8 Å². The molecule has 19 heavy (non-hydrogen) atoms. The van der Waals surface area contributed by atoms with Crippen LogP contribution in [0.2, 0.25) is 0 Å². The Morgan fingerprint density at radius 3 is 2.58 bits per heavy atom. The minimum Gasteiger partial charge on any atom is -0.371 e. The smallest absolute Gasteiger partial charge is 0.231 e. The van der Waals surface area contributed by atoms with E-state index in [1.165, 1.54) is 0 Å². The van der Waals surface area contributed by atoms with E-state index < -0.39 is 5.60 Å². The van der Waals surface area contributed by atoms with Gasteiger partial charge in [-0.2, -0.15) is 4.98 Å². The van der Waals surface area contributed by atoms with Gasteiger partial charge < -0.3 is 14.6 Å². The van der Waals surface area contributed by atoms with Crippen LogP contribution in [-0.4, -0.2) is 29.8 Å². The topological polar surface area (TPSA) is 60.2 Å². The average Bonchev–Trinajstić information content (AvgIpc) is 2.89. The molecule has 1 aromatic heterocycles. The lowest BCUT2D eigenvalue weighted by Gasteiger charge is -2.21. The lowest BCUT2D eigenvalue weighted by atomic mass is 9.99. The maximum Gasteiger partial charge on any atom is 0.231 e. The van der Waals surface area contributed by atoms with E-state index >= 15 is 0 Å². The van der Waals surface area contributed by atoms with Crippen LogP contribution in [0.4, 0.5) is 0 Å². The highest BCUT2D eigenvalue weighted by atomic mass is 16.5. The van der Waals surface area contributed by atoms with Crippen molar-refractivity contribution in [3.05, 3.63) is 11.7 Å². The van der Waals surface area contributed by atoms with Gasteiger partial charge in [-0.25, -0.2) is 0 Å². The van der Waals surface area contributed by atoms with Crippen LogP contribution in [0.5, 0.6) is 0 Å². The molecule has 0 aliphatic rings. The van der Waals surface area contributed by atoms with Gasteiger partial charge in [0.15, 0.2) is 0 Å². The second-order valence-corrected chi connectivity index (χ2v) is 5.43. The Balaban J connectivity index is 2.79. The van der Waals surface area contributed by atoms with Gasteiger partial charge in [0.25, 0.3) is 0 Å². The molecule has 0 spiro atoms. The van der Waals surface area contributed by atoms with Crippen molar-refractivity contribution in [2.24, 2.45) is 0 Å². The number of aromatic nitrogens is 2. The molecule has 5 nitrogen and oxygen atoms in total. The van der Waals surface area contributed by atoms with Crippen molar-refractivity contribution < 1.29 is 9.26 Å². The number of nitrogens with one attached hydrogen (secondary N) is 1. The summed E-state index contributed by atoms with van der Waals surface area (Å²) in [5.41, 5.74) is -0.514. The maximum atomic E-state index is 5.40. The van der Waals surface area contributed by atoms with E-state index in [4.69, 9.17) is 9.26 Å². The number of ether oxygens (including phenoxy) is 1. The minimum absolute atomic E-state index is 0.199. The summed E-state index contributed by atoms with van der Waals surface area (Å²) in [6, 6.07) is 0.360. The quantitative estimate of drug-likeness (QED) is 0.786. The normalized spacial score (nSPS) is 15.5. The van der Waals surface area contributed by atoms with E-state index in [1.807, 2.05) is 13.8 Å². The largest absolute Gasteiger partial charge is 0.371 e. The van der Waals surface area contributed by atoms with E-state index in [1.54, 1.807) is 7.11 Å². The van der Waals surface area contributed by atoms with Gasteiger partial charge in [-0.3, -0.25) is 0 Å². The summed E-state index contributed by atoms with van der Waals surface area (Å²) in [6.45, 7) is 11.3. The molecule has 0 fully saturated rings. The Labute approximate surface area is 116 Å². The van der Waals surface area contributed by atoms with Crippen LogP contribution in [0.25, 0.3) is 0 Å². The lowest BCUT2D eigenvalue weighted by molar-refractivity contribution is 0.00973. The Bertz CT molecular complexity index is 377. The first-order valence-corrected chi connectivity index (χ1v) is 7.08. The van der Waals surface area contributed by atoms with Crippen LogP contribution in [0, 0.1) is 0 Å². The average molecular weight is 269 g/mol. The van der Waals surface area contributed by atoms with Crippen LogP contribution in [0.3, 0.4) is 0 Å². The third kappa shape index (κ3) is 4.01. The first-order valence-electron chi connectivity index (χ1n) is 7.08. The highest BCUT2D eigenvalue weighted by Gasteiger charge is 2.29. The molecule has 1 rings (SSSR count). The first-order chi connectivity index (χ1) is 8.96. The Morgan fingerprint density at radius 2 is 2.05 bits per heavy atom. The number of methoxy groups -OCH3 is 1. The predicted molar refractivity (Wildman–Crippen MR) is 75.1 cm³/mol. The van der Waals surface area contributed by atoms with Gasteiger partial charge >= 0.3 is 0 Å². The Hall–Kier alpha value is -0.940. The molecule has 110 valence electrons. The first kappa shape index (κ1) is 16.1. The fourth-order valence-corrected chi connectivity index (χ4v) is 1.93. The summed E-state index contributed by atoms with van der Waals surface area (Å²) in [5.74, 6) is 1.48. The fraction of sp³-hybridized carbons (Fsp3) is 0.857. The van der Waals surface area contributed by atoms with Crippen LogP contribution in [0.15, 0.2) is 4.52 Å². The molecule has 1 N–H and O–H groups in total. The Kier molecular flexibility index (Phi) is 5.94. The molecule has 0 saturated heterocycles. The summed E-state index contributed by atoms with van der Waals surface area (Å²) >= 11 is 0. The molecule has 1 aromatic rings. The second-order valence-electron chi connectivity index (χ2n) is 5.43. The predicted octanol–water partition coefficient (Wildman–Crippen LogP) is 2.83. The summed E-state index contributed by atoms with van der Waals surface area (Å²) in [6.07, 6.45) is 2.15. The van der Waals surface area contributed by atoms with E-state index in [2.05, 4.69) is 36.2 Å². The summed E-state index contributed by atoms with van der Waals surface area (Å²) in [4.78, 5) is 4.49. The van der Waals surface area contributed by atoms with Crippen LogP contribution < -0.4 is 5.32 Å². The van der Waals surface area contributed by atoms with Crippen molar-refractivity contribution >= 4 is 0 Å².